The molecule has 0 spiro atoms. The van der Waals surface area contributed by atoms with Crippen LogP contribution in [-0.4, -0.2) is 47.4 Å². The second kappa shape index (κ2) is 10.3. The highest BCUT2D eigenvalue weighted by Gasteiger charge is 2.15. The van der Waals surface area contributed by atoms with Crippen LogP contribution in [0, 0.1) is 0 Å². The lowest BCUT2D eigenvalue weighted by Crippen LogP contribution is -2.36. The Bertz CT molecular complexity index is 305. The average Bonchev–Trinajstić information content (AvgIpc) is 2.35. The van der Waals surface area contributed by atoms with Crippen LogP contribution < -0.4 is 5.32 Å². The van der Waals surface area contributed by atoms with E-state index in [1.807, 2.05) is 13.8 Å². The van der Waals surface area contributed by atoms with Crippen molar-refractivity contribution in [3.8, 4) is 0 Å². The predicted octanol–water partition coefficient (Wildman–Crippen LogP) is 1.01. The smallest absolute Gasteiger partial charge is 0.323 e. The molecule has 6 heteroatoms. The molecule has 0 aromatic carbocycles. The van der Waals surface area contributed by atoms with Crippen LogP contribution in [0.25, 0.3) is 0 Å². The Balaban J connectivity index is 3.98. The van der Waals surface area contributed by atoms with Gasteiger partial charge < -0.3 is 15.3 Å². The molecular weight excluding hydrogens is 248 g/mol. The summed E-state index contributed by atoms with van der Waals surface area (Å²) in [7, 11) is 0. The first kappa shape index (κ1) is 17.4. The Morgan fingerprint density at radius 3 is 2.32 bits per heavy atom. The van der Waals surface area contributed by atoms with Crippen LogP contribution in [0.4, 0.5) is 0 Å². The summed E-state index contributed by atoms with van der Waals surface area (Å²) in [6, 6.07) is 0. The van der Waals surface area contributed by atoms with Crippen molar-refractivity contribution in [1.29, 1.82) is 0 Å². The fourth-order valence-corrected chi connectivity index (χ4v) is 1.64. The van der Waals surface area contributed by atoms with E-state index in [0.29, 0.717) is 25.9 Å². The second-order valence-electron chi connectivity index (χ2n) is 4.41. The van der Waals surface area contributed by atoms with Crippen molar-refractivity contribution in [1.82, 2.24) is 10.2 Å². The first-order valence-corrected chi connectivity index (χ1v) is 6.77. The number of hydrogen-bond donors (Lipinski definition) is 2. The molecule has 0 aliphatic carbocycles. The molecule has 0 unspecified atom stereocenters. The standard InChI is InChI=1S/C13H24N2O4/c1-3-8-14-11(16)6-5-7-12(17)15(9-4-2)10-13(18)19/h3-10H2,1-2H3,(H,14,16)(H,18,19). The minimum Gasteiger partial charge on any atom is -0.480 e. The SMILES string of the molecule is CCCNC(=O)CCCC(=O)N(CCC)CC(=O)O. The topological polar surface area (TPSA) is 86.7 Å². The van der Waals surface area contributed by atoms with Gasteiger partial charge in [0.2, 0.25) is 11.8 Å². The number of carbonyl (C=O) groups is 3. The van der Waals surface area contributed by atoms with Crippen molar-refractivity contribution in [2.24, 2.45) is 0 Å². The van der Waals surface area contributed by atoms with E-state index >= 15 is 0 Å². The highest BCUT2D eigenvalue weighted by atomic mass is 16.4. The Hall–Kier alpha value is -1.59. The van der Waals surface area contributed by atoms with Gasteiger partial charge >= 0.3 is 5.97 Å². The third-order valence-corrected chi connectivity index (χ3v) is 2.54. The van der Waals surface area contributed by atoms with Gasteiger partial charge in [0.25, 0.3) is 0 Å². The van der Waals surface area contributed by atoms with Crippen molar-refractivity contribution in [3.05, 3.63) is 0 Å². The van der Waals surface area contributed by atoms with Crippen molar-refractivity contribution in [2.45, 2.75) is 46.0 Å². The number of amides is 2. The number of nitrogens with zero attached hydrogens (tertiary/aromatic N) is 1. The van der Waals surface area contributed by atoms with Crippen molar-refractivity contribution < 1.29 is 19.5 Å². The van der Waals surface area contributed by atoms with E-state index in [0.717, 1.165) is 12.8 Å². The minimum absolute atomic E-state index is 0.0603. The van der Waals surface area contributed by atoms with Gasteiger partial charge in [0.05, 0.1) is 0 Å². The molecule has 19 heavy (non-hydrogen) atoms. The summed E-state index contributed by atoms with van der Waals surface area (Å²) in [6.07, 6.45) is 2.57. The van der Waals surface area contributed by atoms with Crippen LogP contribution in [0.3, 0.4) is 0 Å². The number of nitrogens with one attached hydrogen (secondary N) is 1. The van der Waals surface area contributed by atoms with E-state index in [-0.39, 0.29) is 24.8 Å². The molecule has 0 bridgehead atoms. The van der Waals surface area contributed by atoms with Crippen molar-refractivity contribution in [3.63, 3.8) is 0 Å². The summed E-state index contributed by atoms with van der Waals surface area (Å²) >= 11 is 0. The molecule has 0 aromatic heterocycles. The van der Waals surface area contributed by atoms with Crippen LogP contribution in [0.5, 0.6) is 0 Å². The quantitative estimate of drug-likeness (QED) is 0.621. The minimum atomic E-state index is -1.01. The Labute approximate surface area is 114 Å². The first-order chi connectivity index (χ1) is 9.01. The average molecular weight is 272 g/mol. The van der Waals surface area contributed by atoms with E-state index in [4.69, 9.17) is 5.11 Å². The molecule has 0 aromatic rings. The van der Waals surface area contributed by atoms with Crippen LogP contribution in [0.2, 0.25) is 0 Å². The predicted molar refractivity (Wildman–Crippen MR) is 71.7 cm³/mol. The van der Waals surface area contributed by atoms with Gasteiger partial charge in [0, 0.05) is 25.9 Å². The summed E-state index contributed by atoms with van der Waals surface area (Å²) in [5.74, 6) is -1.27. The first-order valence-electron chi connectivity index (χ1n) is 6.77. The van der Waals surface area contributed by atoms with Gasteiger partial charge in [-0.2, -0.15) is 0 Å². The molecule has 0 aliphatic rings. The van der Waals surface area contributed by atoms with Crippen LogP contribution >= 0.6 is 0 Å². The fraction of sp³-hybridized carbons (Fsp3) is 0.769. The van der Waals surface area contributed by atoms with Crippen LogP contribution in [0.1, 0.15) is 46.0 Å². The number of carbonyl (C=O) groups excluding carboxylic acids is 2. The summed E-state index contributed by atoms with van der Waals surface area (Å²) < 4.78 is 0. The van der Waals surface area contributed by atoms with Gasteiger partial charge in [-0.05, 0) is 19.3 Å². The third kappa shape index (κ3) is 9.04. The summed E-state index contributed by atoms with van der Waals surface area (Å²) in [4.78, 5) is 35.1. The molecule has 2 amide bonds. The lowest BCUT2D eigenvalue weighted by atomic mass is 10.2. The van der Waals surface area contributed by atoms with Crippen LogP contribution in [0.15, 0.2) is 0 Å². The third-order valence-electron chi connectivity index (χ3n) is 2.54. The van der Waals surface area contributed by atoms with Gasteiger partial charge in [0.1, 0.15) is 6.54 Å². The fourth-order valence-electron chi connectivity index (χ4n) is 1.64. The molecule has 0 rings (SSSR count). The maximum absolute atomic E-state index is 11.8. The van der Waals surface area contributed by atoms with Gasteiger partial charge in [-0.25, -0.2) is 0 Å². The largest absolute Gasteiger partial charge is 0.480 e. The molecule has 2 N–H and O–H groups in total. The number of aliphatic carboxylic acids is 1. The molecule has 0 fully saturated rings. The van der Waals surface area contributed by atoms with E-state index in [1.165, 1.54) is 4.90 Å². The van der Waals surface area contributed by atoms with Gasteiger partial charge in [0.15, 0.2) is 0 Å². The number of rotatable bonds is 10. The van der Waals surface area contributed by atoms with Gasteiger partial charge in [-0.3, -0.25) is 14.4 Å². The number of hydrogen-bond acceptors (Lipinski definition) is 3. The Morgan fingerprint density at radius 2 is 1.79 bits per heavy atom. The Kier molecular flexibility index (Phi) is 9.48. The van der Waals surface area contributed by atoms with Gasteiger partial charge in [-0.15, -0.1) is 0 Å². The van der Waals surface area contributed by atoms with Crippen molar-refractivity contribution in [2.75, 3.05) is 19.6 Å². The molecule has 0 saturated heterocycles. The van der Waals surface area contributed by atoms with Crippen LogP contribution in [-0.2, 0) is 14.4 Å². The monoisotopic (exact) mass is 272 g/mol. The zero-order valence-electron chi connectivity index (χ0n) is 11.8. The highest BCUT2D eigenvalue weighted by molar-refractivity contribution is 5.82. The molecule has 0 heterocycles. The molecule has 0 saturated carbocycles. The zero-order valence-corrected chi connectivity index (χ0v) is 11.8. The summed E-state index contributed by atoms with van der Waals surface area (Å²) in [5.41, 5.74) is 0. The molecule has 0 aliphatic heterocycles. The lowest BCUT2D eigenvalue weighted by molar-refractivity contribution is -0.144. The normalized spacial score (nSPS) is 10.0. The number of carboxylic acid groups (broad SMARTS) is 1. The highest BCUT2D eigenvalue weighted by Crippen LogP contribution is 2.02. The lowest BCUT2D eigenvalue weighted by Gasteiger charge is -2.19. The molecule has 6 nitrogen and oxygen atoms in total. The van der Waals surface area contributed by atoms with E-state index < -0.39 is 5.97 Å². The molecule has 110 valence electrons. The molecule has 0 atom stereocenters. The van der Waals surface area contributed by atoms with Crippen molar-refractivity contribution >= 4 is 17.8 Å². The second-order valence-corrected chi connectivity index (χ2v) is 4.41. The summed E-state index contributed by atoms with van der Waals surface area (Å²) in [5, 5.41) is 11.4. The maximum Gasteiger partial charge on any atom is 0.323 e. The zero-order chi connectivity index (χ0) is 14.7. The van der Waals surface area contributed by atoms with Gasteiger partial charge in [-0.1, -0.05) is 13.8 Å². The van der Waals surface area contributed by atoms with E-state index in [1.54, 1.807) is 0 Å². The molecular formula is C13H24N2O4. The van der Waals surface area contributed by atoms with E-state index in [2.05, 4.69) is 5.32 Å². The maximum atomic E-state index is 11.8. The summed E-state index contributed by atoms with van der Waals surface area (Å²) in [6.45, 7) is 4.67. The molecule has 0 radical (unpaired) electrons. The van der Waals surface area contributed by atoms with E-state index in [9.17, 15) is 14.4 Å². The number of carboxylic acids is 1. The Morgan fingerprint density at radius 1 is 1.11 bits per heavy atom.